The normalized spacial score (nSPS) is 12.0. The van der Waals surface area contributed by atoms with Crippen LogP contribution >= 0.6 is 0 Å². The third kappa shape index (κ3) is 3.16. The maximum absolute atomic E-state index is 13.6. The second-order valence-corrected chi connectivity index (χ2v) is 4.56. The SMILES string of the molecule is CC(NC(=O)c1cccc(F)c1N)c1cc(F)ccc1F. The monoisotopic (exact) mass is 294 g/mol. The second kappa shape index (κ2) is 5.87. The minimum absolute atomic E-state index is 0.00155. The number of carbonyl (C=O) groups excluding carboxylic acids is 1. The summed E-state index contributed by atoms with van der Waals surface area (Å²) in [6.45, 7) is 1.49. The number of nitrogens with two attached hydrogens (primary N) is 1. The molecule has 0 fully saturated rings. The van der Waals surface area contributed by atoms with Crippen LogP contribution in [-0.4, -0.2) is 5.91 Å². The van der Waals surface area contributed by atoms with E-state index in [9.17, 15) is 18.0 Å². The van der Waals surface area contributed by atoms with Crippen molar-refractivity contribution in [2.45, 2.75) is 13.0 Å². The Morgan fingerprint density at radius 3 is 2.57 bits per heavy atom. The van der Waals surface area contributed by atoms with Crippen molar-refractivity contribution >= 4 is 11.6 Å². The van der Waals surface area contributed by atoms with Crippen LogP contribution in [-0.2, 0) is 0 Å². The van der Waals surface area contributed by atoms with Crippen molar-refractivity contribution in [1.29, 1.82) is 0 Å². The van der Waals surface area contributed by atoms with E-state index in [2.05, 4.69) is 5.32 Å². The molecule has 0 spiro atoms. The van der Waals surface area contributed by atoms with E-state index in [1.165, 1.54) is 19.1 Å². The Morgan fingerprint density at radius 2 is 1.86 bits per heavy atom. The molecule has 2 rings (SSSR count). The van der Waals surface area contributed by atoms with Gasteiger partial charge in [0, 0.05) is 5.56 Å². The van der Waals surface area contributed by atoms with Gasteiger partial charge < -0.3 is 11.1 Å². The molecule has 1 amide bonds. The Labute approximate surface area is 119 Å². The van der Waals surface area contributed by atoms with Crippen molar-refractivity contribution in [1.82, 2.24) is 5.32 Å². The number of rotatable bonds is 3. The van der Waals surface area contributed by atoms with E-state index < -0.39 is 29.4 Å². The van der Waals surface area contributed by atoms with Gasteiger partial charge in [0.2, 0.25) is 0 Å². The van der Waals surface area contributed by atoms with Crippen molar-refractivity contribution in [3.63, 3.8) is 0 Å². The summed E-state index contributed by atoms with van der Waals surface area (Å²) in [6.07, 6.45) is 0. The van der Waals surface area contributed by atoms with Crippen LogP contribution in [0.2, 0.25) is 0 Å². The molecule has 0 aromatic heterocycles. The number of nitrogen functional groups attached to an aromatic ring is 1. The smallest absolute Gasteiger partial charge is 0.253 e. The number of hydrogen-bond donors (Lipinski definition) is 2. The second-order valence-electron chi connectivity index (χ2n) is 4.56. The number of amides is 1. The van der Waals surface area contributed by atoms with Gasteiger partial charge in [0.15, 0.2) is 0 Å². The minimum Gasteiger partial charge on any atom is -0.396 e. The molecular weight excluding hydrogens is 281 g/mol. The molecule has 0 saturated carbocycles. The first kappa shape index (κ1) is 14.9. The van der Waals surface area contributed by atoms with Gasteiger partial charge in [-0.15, -0.1) is 0 Å². The summed E-state index contributed by atoms with van der Waals surface area (Å²) in [7, 11) is 0. The Bertz CT molecular complexity index is 689. The zero-order valence-corrected chi connectivity index (χ0v) is 11.2. The zero-order chi connectivity index (χ0) is 15.6. The number of anilines is 1. The van der Waals surface area contributed by atoms with Crippen LogP contribution in [0.5, 0.6) is 0 Å². The van der Waals surface area contributed by atoms with Crippen molar-refractivity contribution in [2.75, 3.05) is 5.73 Å². The summed E-state index contributed by atoms with van der Waals surface area (Å²) in [5.74, 6) is -2.63. The molecule has 3 N–H and O–H groups in total. The molecule has 0 bridgehead atoms. The molecule has 0 aliphatic carbocycles. The van der Waals surface area contributed by atoms with Gasteiger partial charge in [-0.05, 0) is 37.3 Å². The summed E-state index contributed by atoms with van der Waals surface area (Å²) in [5.41, 5.74) is 5.13. The van der Waals surface area contributed by atoms with E-state index in [0.29, 0.717) is 0 Å². The van der Waals surface area contributed by atoms with E-state index in [0.717, 1.165) is 24.3 Å². The molecule has 21 heavy (non-hydrogen) atoms. The standard InChI is InChI=1S/C15H13F3N2O/c1-8(11-7-9(16)5-6-12(11)17)20-15(21)10-3-2-4-13(18)14(10)19/h2-8H,19H2,1H3,(H,20,21). The lowest BCUT2D eigenvalue weighted by molar-refractivity contribution is 0.0940. The van der Waals surface area contributed by atoms with E-state index in [4.69, 9.17) is 5.73 Å². The summed E-state index contributed by atoms with van der Waals surface area (Å²) in [6, 6.07) is 5.98. The molecule has 0 aliphatic rings. The minimum atomic E-state index is -0.795. The molecule has 0 saturated heterocycles. The van der Waals surface area contributed by atoms with Crippen molar-refractivity contribution in [2.24, 2.45) is 0 Å². The molecular formula is C15H13F3N2O. The third-order valence-electron chi connectivity index (χ3n) is 3.07. The van der Waals surface area contributed by atoms with Gasteiger partial charge in [0.25, 0.3) is 5.91 Å². The van der Waals surface area contributed by atoms with Crippen LogP contribution in [0, 0.1) is 17.5 Å². The first-order valence-electron chi connectivity index (χ1n) is 6.20. The van der Waals surface area contributed by atoms with Crippen LogP contribution in [0.4, 0.5) is 18.9 Å². The molecule has 0 aliphatic heterocycles. The van der Waals surface area contributed by atoms with E-state index in [1.54, 1.807) is 0 Å². The fourth-order valence-corrected chi connectivity index (χ4v) is 1.93. The maximum Gasteiger partial charge on any atom is 0.253 e. The number of nitrogens with one attached hydrogen (secondary N) is 1. The summed E-state index contributed by atoms with van der Waals surface area (Å²) in [5, 5.41) is 2.46. The number of carbonyl (C=O) groups is 1. The van der Waals surface area contributed by atoms with Crippen molar-refractivity contribution in [3.05, 3.63) is 65.0 Å². The van der Waals surface area contributed by atoms with E-state index in [-0.39, 0.29) is 16.8 Å². The van der Waals surface area contributed by atoms with Gasteiger partial charge in [-0.25, -0.2) is 13.2 Å². The lowest BCUT2D eigenvalue weighted by Crippen LogP contribution is -2.28. The predicted molar refractivity (Wildman–Crippen MR) is 73.1 cm³/mol. The highest BCUT2D eigenvalue weighted by molar-refractivity contribution is 5.99. The molecule has 2 aromatic rings. The molecule has 0 heterocycles. The highest BCUT2D eigenvalue weighted by Gasteiger charge is 2.18. The number of benzene rings is 2. The van der Waals surface area contributed by atoms with Gasteiger partial charge in [0.1, 0.15) is 17.5 Å². The zero-order valence-electron chi connectivity index (χ0n) is 11.2. The first-order chi connectivity index (χ1) is 9.90. The number of para-hydroxylation sites is 1. The molecule has 0 radical (unpaired) electrons. The molecule has 6 heteroatoms. The highest BCUT2D eigenvalue weighted by Crippen LogP contribution is 2.20. The Morgan fingerprint density at radius 1 is 1.14 bits per heavy atom. The third-order valence-corrected chi connectivity index (χ3v) is 3.07. The molecule has 3 nitrogen and oxygen atoms in total. The summed E-state index contributed by atoms with van der Waals surface area (Å²) in [4.78, 5) is 12.0. The van der Waals surface area contributed by atoms with Gasteiger partial charge in [-0.2, -0.15) is 0 Å². The topological polar surface area (TPSA) is 55.1 Å². The Hall–Kier alpha value is -2.50. The van der Waals surface area contributed by atoms with Crippen LogP contribution < -0.4 is 11.1 Å². The lowest BCUT2D eigenvalue weighted by Gasteiger charge is -2.16. The fourth-order valence-electron chi connectivity index (χ4n) is 1.93. The average Bonchev–Trinajstić information content (AvgIpc) is 2.44. The van der Waals surface area contributed by atoms with Crippen LogP contribution in [0.1, 0.15) is 28.9 Å². The largest absolute Gasteiger partial charge is 0.396 e. The quantitative estimate of drug-likeness (QED) is 0.854. The van der Waals surface area contributed by atoms with Gasteiger partial charge in [0.05, 0.1) is 17.3 Å². The molecule has 2 aromatic carbocycles. The van der Waals surface area contributed by atoms with E-state index in [1.807, 2.05) is 0 Å². The molecule has 1 unspecified atom stereocenters. The lowest BCUT2D eigenvalue weighted by atomic mass is 10.1. The summed E-state index contributed by atoms with van der Waals surface area (Å²) < 4.78 is 40.1. The average molecular weight is 294 g/mol. The van der Waals surface area contributed by atoms with Gasteiger partial charge in [-0.3, -0.25) is 4.79 Å². The van der Waals surface area contributed by atoms with Gasteiger partial charge >= 0.3 is 0 Å². The van der Waals surface area contributed by atoms with E-state index >= 15 is 0 Å². The highest BCUT2D eigenvalue weighted by atomic mass is 19.1. The predicted octanol–water partition coefficient (Wildman–Crippen LogP) is 3.18. The number of hydrogen-bond acceptors (Lipinski definition) is 2. The Kier molecular flexibility index (Phi) is 4.16. The van der Waals surface area contributed by atoms with Gasteiger partial charge in [-0.1, -0.05) is 6.07 Å². The molecule has 1 atom stereocenters. The molecule has 110 valence electrons. The maximum atomic E-state index is 13.6. The van der Waals surface area contributed by atoms with Crippen LogP contribution in [0.15, 0.2) is 36.4 Å². The summed E-state index contributed by atoms with van der Waals surface area (Å²) >= 11 is 0. The van der Waals surface area contributed by atoms with Crippen molar-refractivity contribution in [3.8, 4) is 0 Å². The number of halogens is 3. The van der Waals surface area contributed by atoms with Crippen LogP contribution in [0.25, 0.3) is 0 Å². The first-order valence-corrected chi connectivity index (χ1v) is 6.20. The fraction of sp³-hybridized carbons (Fsp3) is 0.133. The van der Waals surface area contributed by atoms with Crippen molar-refractivity contribution < 1.29 is 18.0 Å². The Balaban J connectivity index is 2.23. The van der Waals surface area contributed by atoms with Crippen LogP contribution in [0.3, 0.4) is 0 Å².